The summed E-state index contributed by atoms with van der Waals surface area (Å²) in [6.07, 6.45) is 4.26. The fourth-order valence-electron chi connectivity index (χ4n) is 3.90. The summed E-state index contributed by atoms with van der Waals surface area (Å²) in [5, 5.41) is 15.5. The van der Waals surface area contributed by atoms with E-state index in [0.29, 0.717) is 31.6 Å². The van der Waals surface area contributed by atoms with Crippen molar-refractivity contribution in [2.75, 3.05) is 5.75 Å². The summed E-state index contributed by atoms with van der Waals surface area (Å²) in [7, 11) is 0. The van der Waals surface area contributed by atoms with Gasteiger partial charge >= 0.3 is 0 Å². The lowest BCUT2D eigenvalue weighted by atomic mass is 10.2. The van der Waals surface area contributed by atoms with Crippen LogP contribution in [0.1, 0.15) is 22.4 Å². The summed E-state index contributed by atoms with van der Waals surface area (Å²) in [5.41, 5.74) is 4.51. The van der Waals surface area contributed by atoms with Gasteiger partial charge in [-0.05, 0) is 67.3 Å². The standard InChI is InChI=1S/C24H18BrClN4O3S2/c25-14-4-9-18(31)13(10-14)11-27-29-20(32)12-34-24-28-22-21(17-2-1-3-19(17)35-22)23(33)30(24)16-7-5-15(26)6-8-16/h4-11,31H,1-3,12H2,(H,29,32)/b27-11+. The van der Waals surface area contributed by atoms with Gasteiger partial charge in [0.2, 0.25) is 0 Å². The molecule has 4 aromatic rings. The highest BCUT2D eigenvalue weighted by Gasteiger charge is 2.24. The number of aromatic hydroxyl groups is 1. The van der Waals surface area contributed by atoms with Crippen LogP contribution in [0, 0.1) is 0 Å². The van der Waals surface area contributed by atoms with E-state index in [1.807, 2.05) is 0 Å². The number of hydrazone groups is 1. The van der Waals surface area contributed by atoms with E-state index in [1.165, 1.54) is 17.2 Å². The molecule has 0 fully saturated rings. The van der Waals surface area contributed by atoms with E-state index in [9.17, 15) is 14.7 Å². The van der Waals surface area contributed by atoms with Crippen LogP contribution < -0.4 is 11.0 Å². The first-order chi connectivity index (χ1) is 16.9. The van der Waals surface area contributed by atoms with Crippen LogP contribution in [0.25, 0.3) is 15.9 Å². The number of nitrogens with one attached hydrogen (secondary N) is 1. The normalized spacial score (nSPS) is 13.0. The van der Waals surface area contributed by atoms with Crippen molar-refractivity contribution in [1.29, 1.82) is 0 Å². The number of nitrogens with zero attached hydrogens (tertiary/aromatic N) is 3. The molecular formula is C24H18BrClN4O3S2. The quantitative estimate of drug-likeness (QED) is 0.138. The number of phenolic OH excluding ortho intramolecular Hbond substituents is 1. The van der Waals surface area contributed by atoms with Crippen LogP contribution in [0.5, 0.6) is 5.75 Å². The average molecular weight is 590 g/mol. The van der Waals surface area contributed by atoms with Gasteiger partial charge in [0.15, 0.2) is 5.16 Å². The van der Waals surface area contributed by atoms with Crippen LogP contribution in [-0.2, 0) is 17.6 Å². The van der Waals surface area contributed by atoms with Crippen molar-refractivity contribution in [3.05, 3.63) is 78.3 Å². The Morgan fingerprint density at radius 2 is 2.09 bits per heavy atom. The molecule has 2 N–H and O–H groups in total. The number of amides is 1. The van der Waals surface area contributed by atoms with E-state index < -0.39 is 0 Å². The minimum absolute atomic E-state index is 0.00156. The van der Waals surface area contributed by atoms with E-state index in [4.69, 9.17) is 16.6 Å². The van der Waals surface area contributed by atoms with Crippen molar-refractivity contribution >= 4 is 73.0 Å². The minimum atomic E-state index is -0.369. The van der Waals surface area contributed by atoms with Gasteiger partial charge in [-0.3, -0.25) is 14.2 Å². The van der Waals surface area contributed by atoms with Gasteiger partial charge in [0.1, 0.15) is 10.6 Å². The van der Waals surface area contributed by atoms with Crippen LogP contribution in [0.4, 0.5) is 0 Å². The summed E-state index contributed by atoms with van der Waals surface area (Å²) >= 11 is 12.1. The van der Waals surface area contributed by atoms with Crippen LogP contribution in [0.3, 0.4) is 0 Å². The zero-order valence-electron chi connectivity index (χ0n) is 18.1. The molecule has 0 saturated heterocycles. The third kappa shape index (κ3) is 5.02. The molecule has 0 bridgehead atoms. The fraction of sp³-hybridized carbons (Fsp3) is 0.167. The number of aryl methyl sites for hydroxylation is 2. The molecule has 0 saturated carbocycles. The van der Waals surface area contributed by atoms with E-state index in [1.54, 1.807) is 52.3 Å². The van der Waals surface area contributed by atoms with Gasteiger partial charge in [-0.2, -0.15) is 5.10 Å². The van der Waals surface area contributed by atoms with Gasteiger partial charge in [-0.15, -0.1) is 11.3 Å². The molecule has 0 aliphatic heterocycles. The summed E-state index contributed by atoms with van der Waals surface area (Å²) < 4.78 is 2.32. The second-order valence-electron chi connectivity index (χ2n) is 7.83. The lowest BCUT2D eigenvalue weighted by Gasteiger charge is -2.12. The number of carbonyl (C=O) groups is 1. The number of halogens is 2. The Balaban J connectivity index is 1.41. The molecule has 2 aromatic carbocycles. The molecule has 7 nitrogen and oxygen atoms in total. The number of benzene rings is 2. The SMILES string of the molecule is O=C(CSc1nc2sc3c(c2c(=O)n1-c1ccc(Cl)cc1)CCC3)N/N=C/c1cc(Br)ccc1O. The number of thiophene rings is 1. The molecule has 0 unspecified atom stereocenters. The maximum absolute atomic E-state index is 13.6. The molecule has 2 aromatic heterocycles. The number of rotatable bonds is 6. The predicted molar refractivity (Wildman–Crippen MR) is 145 cm³/mol. The van der Waals surface area contributed by atoms with Gasteiger partial charge < -0.3 is 5.11 Å². The van der Waals surface area contributed by atoms with Gasteiger partial charge in [0, 0.05) is 19.9 Å². The number of carbonyl (C=O) groups excluding carboxylic acids is 1. The highest BCUT2D eigenvalue weighted by atomic mass is 79.9. The Hall–Kier alpha value is -2.66. The molecule has 2 heterocycles. The zero-order chi connectivity index (χ0) is 24.5. The first-order valence-electron chi connectivity index (χ1n) is 10.7. The number of hydrogen-bond donors (Lipinski definition) is 2. The molecule has 1 aliphatic rings. The molecule has 35 heavy (non-hydrogen) atoms. The van der Waals surface area contributed by atoms with Crippen molar-refractivity contribution in [1.82, 2.24) is 15.0 Å². The Labute approximate surface area is 222 Å². The minimum Gasteiger partial charge on any atom is -0.507 e. The molecule has 178 valence electrons. The summed E-state index contributed by atoms with van der Waals surface area (Å²) in [5.74, 6) is -0.322. The molecule has 1 amide bonds. The maximum atomic E-state index is 13.6. The Kier molecular flexibility index (Phi) is 6.97. The van der Waals surface area contributed by atoms with E-state index in [0.717, 1.165) is 41.1 Å². The highest BCUT2D eigenvalue weighted by Crippen LogP contribution is 2.36. The Bertz CT molecular complexity index is 1530. The average Bonchev–Trinajstić information content (AvgIpc) is 3.42. The molecule has 0 spiro atoms. The molecule has 11 heteroatoms. The Morgan fingerprint density at radius 3 is 2.89 bits per heavy atom. The third-order valence-corrected chi connectivity index (χ3v) is 8.38. The smallest absolute Gasteiger partial charge is 0.267 e. The number of aromatic nitrogens is 2. The second-order valence-corrected chi connectivity index (χ2v) is 11.2. The van der Waals surface area contributed by atoms with Gasteiger partial charge in [-0.1, -0.05) is 39.3 Å². The van der Waals surface area contributed by atoms with Crippen LogP contribution >= 0.6 is 50.6 Å². The Morgan fingerprint density at radius 1 is 1.29 bits per heavy atom. The summed E-state index contributed by atoms with van der Waals surface area (Å²) in [6, 6.07) is 11.9. The lowest BCUT2D eigenvalue weighted by Crippen LogP contribution is -2.24. The fourth-order valence-corrected chi connectivity index (χ4v) is 6.52. The zero-order valence-corrected chi connectivity index (χ0v) is 22.1. The number of fused-ring (bicyclic) bond motifs is 3. The lowest BCUT2D eigenvalue weighted by molar-refractivity contribution is -0.118. The summed E-state index contributed by atoms with van der Waals surface area (Å²) in [4.78, 5) is 32.8. The van der Waals surface area contributed by atoms with Crippen LogP contribution in [-0.4, -0.2) is 32.5 Å². The second kappa shape index (κ2) is 10.1. The van der Waals surface area contributed by atoms with Crippen molar-refractivity contribution < 1.29 is 9.90 Å². The van der Waals surface area contributed by atoms with Crippen molar-refractivity contribution in [3.8, 4) is 11.4 Å². The first-order valence-corrected chi connectivity index (χ1v) is 13.6. The predicted octanol–water partition coefficient (Wildman–Crippen LogP) is 5.30. The van der Waals surface area contributed by atoms with E-state index in [-0.39, 0.29) is 23.0 Å². The molecule has 0 atom stereocenters. The first kappa shape index (κ1) is 24.1. The van der Waals surface area contributed by atoms with Crippen molar-refractivity contribution in [2.45, 2.75) is 24.4 Å². The van der Waals surface area contributed by atoms with E-state index >= 15 is 0 Å². The molecule has 5 rings (SSSR count). The van der Waals surface area contributed by atoms with Crippen LogP contribution in [0.15, 0.2) is 62.0 Å². The number of hydrogen-bond acceptors (Lipinski definition) is 7. The topological polar surface area (TPSA) is 96.6 Å². The third-order valence-electron chi connectivity index (χ3n) is 5.51. The van der Waals surface area contributed by atoms with Crippen molar-refractivity contribution in [3.63, 3.8) is 0 Å². The van der Waals surface area contributed by atoms with Gasteiger partial charge in [-0.25, -0.2) is 10.4 Å². The molecule has 1 aliphatic carbocycles. The van der Waals surface area contributed by atoms with Gasteiger partial charge in [0.25, 0.3) is 11.5 Å². The van der Waals surface area contributed by atoms with Gasteiger partial charge in [0.05, 0.1) is 23.0 Å². The van der Waals surface area contributed by atoms with Crippen molar-refractivity contribution in [2.24, 2.45) is 5.10 Å². The molecular weight excluding hydrogens is 572 g/mol. The largest absolute Gasteiger partial charge is 0.507 e. The maximum Gasteiger partial charge on any atom is 0.267 e. The summed E-state index contributed by atoms with van der Waals surface area (Å²) in [6.45, 7) is 0. The highest BCUT2D eigenvalue weighted by molar-refractivity contribution is 9.10. The van der Waals surface area contributed by atoms with E-state index in [2.05, 4.69) is 26.5 Å². The number of thioether (sulfide) groups is 1. The monoisotopic (exact) mass is 588 g/mol. The van der Waals surface area contributed by atoms with Crippen LogP contribution in [0.2, 0.25) is 5.02 Å². The number of phenols is 1. The molecule has 0 radical (unpaired) electrons.